The van der Waals surface area contributed by atoms with Crippen LogP contribution in [0.3, 0.4) is 0 Å². The molecule has 0 heterocycles. The molecule has 4 rings (SSSR count). The molecule has 0 radical (unpaired) electrons. The minimum atomic E-state index is -3.52. The number of esters is 1. The summed E-state index contributed by atoms with van der Waals surface area (Å²) in [5, 5.41) is 1.29. The zero-order valence-electron chi connectivity index (χ0n) is 18.5. The van der Waals surface area contributed by atoms with E-state index in [1.165, 1.54) is 0 Å². The number of hydrogen-bond acceptors (Lipinski definition) is 3. The monoisotopic (exact) mass is 455 g/mol. The summed E-state index contributed by atoms with van der Waals surface area (Å²) in [4.78, 5) is 13.5. The first-order chi connectivity index (χ1) is 16.2. The molecule has 0 aromatic heterocycles. The van der Waals surface area contributed by atoms with Crippen LogP contribution in [-0.4, -0.2) is 12.6 Å². The second-order valence-corrected chi connectivity index (χ2v) is 10.1. The predicted octanol–water partition coefficient (Wildman–Crippen LogP) is 5.73. The van der Waals surface area contributed by atoms with Gasteiger partial charge in [-0.1, -0.05) is 84.9 Å². The lowest BCUT2D eigenvalue weighted by Gasteiger charge is -2.39. The summed E-state index contributed by atoms with van der Waals surface area (Å²) in [6.45, 7) is 2.01. The highest BCUT2D eigenvalue weighted by atomic mass is 31.2. The van der Waals surface area contributed by atoms with Crippen LogP contribution in [-0.2, 0) is 14.1 Å². The molecule has 0 aliphatic rings. The Hall–Kier alpha value is -3.62. The molecule has 4 aromatic carbocycles. The third-order valence-corrected chi connectivity index (χ3v) is 8.47. The van der Waals surface area contributed by atoms with Crippen LogP contribution in [0, 0.1) is 0 Å². The van der Waals surface area contributed by atoms with Gasteiger partial charge in [0.25, 0.3) is 0 Å². The Morgan fingerprint density at radius 2 is 1.15 bits per heavy atom. The molecule has 1 unspecified atom stereocenters. The lowest BCUT2D eigenvalue weighted by atomic mass is 10.1. The van der Waals surface area contributed by atoms with Crippen LogP contribution in [0.5, 0.6) is 0 Å². The van der Waals surface area contributed by atoms with Crippen molar-refractivity contribution in [3.63, 3.8) is 0 Å². The van der Waals surface area contributed by atoms with Crippen LogP contribution in [0.1, 0.15) is 18.5 Å². The minimum absolute atomic E-state index is 0.228. The fourth-order valence-electron chi connectivity index (χ4n) is 3.95. The second kappa shape index (κ2) is 10.3. The van der Waals surface area contributed by atoms with E-state index in [0.717, 1.165) is 0 Å². The Morgan fingerprint density at radius 1 is 0.727 bits per heavy atom. The van der Waals surface area contributed by atoms with Crippen LogP contribution < -0.4 is 15.3 Å². The summed E-state index contributed by atoms with van der Waals surface area (Å²) in [5.41, 5.74) is 1.39. The molecule has 4 aromatic rings. The molecule has 166 valence electrons. The first-order valence-electron chi connectivity index (χ1n) is 10.9. The molecule has 0 N–H and O–H groups in total. The summed E-state index contributed by atoms with van der Waals surface area (Å²) in [6, 6.07) is 36.6. The van der Waals surface area contributed by atoms with Crippen molar-refractivity contribution in [3.05, 3.63) is 127 Å². The van der Waals surface area contributed by atoms with Crippen molar-refractivity contribution in [2.45, 2.75) is 13.0 Å². The highest BCUT2D eigenvalue weighted by Gasteiger charge is 2.43. The number of para-hydroxylation sites is 1. The molecule has 0 saturated heterocycles. The van der Waals surface area contributed by atoms with Crippen LogP contribution >= 0.6 is 7.29 Å². The van der Waals surface area contributed by atoms with Crippen LogP contribution in [0.2, 0.25) is 0 Å². The van der Waals surface area contributed by atoms with Crippen molar-refractivity contribution < 1.29 is 14.1 Å². The summed E-state index contributed by atoms with van der Waals surface area (Å²) in [7, 11) is -3.52. The Kier molecular flexibility index (Phi) is 7.07. The van der Waals surface area contributed by atoms with Gasteiger partial charge in [-0.2, -0.15) is 0 Å². The molecular formula is C28H26NO3P. The molecule has 1 atom stereocenters. The number of ether oxygens (including phenoxy) is 1. The summed E-state index contributed by atoms with van der Waals surface area (Å²) in [5.74, 6) is -0.445. The zero-order chi connectivity index (χ0) is 23.1. The van der Waals surface area contributed by atoms with Crippen molar-refractivity contribution in [1.82, 2.24) is 0 Å². The summed E-state index contributed by atoms with van der Waals surface area (Å²) < 4.78 is 22.6. The molecule has 33 heavy (non-hydrogen) atoms. The van der Waals surface area contributed by atoms with E-state index < -0.39 is 19.3 Å². The molecule has 5 heteroatoms. The highest BCUT2D eigenvalue weighted by molar-refractivity contribution is 7.80. The highest BCUT2D eigenvalue weighted by Crippen LogP contribution is 2.54. The minimum Gasteiger partial charge on any atom is -0.464 e. The van der Waals surface area contributed by atoms with Gasteiger partial charge in [0.15, 0.2) is 6.04 Å². The van der Waals surface area contributed by atoms with Gasteiger partial charge in [0.1, 0.15) is 0 Å². The molecule has 0 spiro atoms. The van der Waals surface area contributed by atoms with Crippen LogP contribution in [0.4, 0.5) is 5.69 Å². The Labute approximate surface area is 194 Å². The third kappa shape index (κ3) is 4.62. The van der Waals surface area contributed by atoms with Crippen molar-refractivity contribution in [2.24, 2.45) is 0 Å². The lowest BCUT2D eigenvalue weighted by molar-refractivity contribution is -0.144. The van der Waals surface area contributed by atoms with Gasteiger partial charge in [0.05, 0.1) is 6.61 Å². The first kappa shape index (κ1) is 22.6. The van der Waals surface area contributed by atoms with E-state index in [1.54, 1.807) is 11.6 Å². The summed E-state index contributed by atoms with van der Waals surface area (Å²) in [6.07, 6.45) is 0. The van der Waals surface area contributed by atoms with Gasteiger partial charge in [-0.05, 0) is 48.9 Å². The Bertz CT molecular complexity index is 1170. The number of benzene rings is 4. The smallest absolute Gasteiger partial charge is 0.333 e. The normalized spacial score (nSPS) is 12.0. The van der Waals surface area contributed by atoms with Gasteiger partial charge in [0, 0.05) is 16.3 Å². The fourth-order valence-corrected chi connectivity index (χ4v) is 6.91. The quantitative estimate of drug-likeness (QED) is 0.252. The van der Waals surface area contributed by atoms with Crippen molar-refractivity contribution in [3.8, 4) is 0 Å². The van der Waals surface area contributed by atoms with Crippen LogP contribution in [0.25, 0.3) is 0 Å². The molecular weight excluding hydrogens is 429 g/mol. The Morgan fingerprint density at radius 3 is 1.61 bits per heavy atom. The average Bonchev–Trinajstić information content (AvgIpc) is 2.89. The van der Waals surface area contributed by atoms with E-state index in [0.29, 0.717) is 21.9 Å². The molecule has 0 bridgehead atoms. The van der Waals surface area contributed by atoms with Crippen molar-refractivity contribution >= 4 is 29.6 Å². The number of hydrogen-bond donors (Lipinski definition) is 0. The van der Waals surface area contributed by atoms with Gasteiger partial charge >= 0.3 is 5.97 Å². The van der Waals surface area contributed by atoms with Gasteiger partial charge < -0.3 is 4.74 Å². The number of anilines is 1. The maximum Gasteiger partial charge on any atom is 0.333 e. The van der Waals surface area contributed by atoms with Gasteiger partial charge in [-0.15, -0.1) is 0 Å². The number of rotatable bonds is 8. The van der Waals surface area contributed by atoms with E-state index in [1.807, 2.05) is 121 Å². The second-order valence-electron chi connectivity index (χ2n) is 7.49. The predicted molar refractivity (Wildman–Crippen MR) is 134 cm³/mol. The molecule has 0 saturated carbocycles. The fraction of sp³-hybridized carbons (Fsp3) is 0.107. The van der Waals surface area contributed by atoms with E-state index >= 15 is 4.57 Å². The van der Waals surface area contributed by atoms with Crippen molar-refractivity contribution in [1.29, 1.82) is 0 Å². The number of carbonyl (C=O) groups excluding carboxylic acids is 1. The SMILES string of the molecule is CCOC(=O)C(c1ccccc1)N(c1ccccc1)P(=O)(c1ccccc1)c1ccccc1. The summed E-state index contributed by atoms with van der Waals surface area (Å²) >= 11 is 0. The first-order valence-corrected chi connectivity index (χ1v) is 12.6. The van der Waals surface area contributed by atoms with Crippen molar-refractivity contribution in [2.75, 3.05) is 11.3 Å². The number of carbonyl (C=O) groups is 1. The zero-order valence-corrected chi connectivity index (χ0v) is 19.3. The van der Waals surface area contributed by atoms with E-state index in [4.69, 9.17) is 4.74 Å². The van der Waals surface area contributed by atoms with E-state index in [2.05, 4.69) is 0 Å². The largest absolute Gasteiger partial charge is 0.464 e. The van der Waals surface area contributed by atoms with Gasteiger partial charge in [-0.25, -0.2) is 4.79 Å². The Balaban J connectivity index is 2.05. The standard InChI is InChI=1S/C28H26NO3P/c1-2-32-28(30)27(23-15-7-3-8-16-23)29(24-17-9-4-10-18-24)33(31,25-19-11-5-12-20-25)26-21-13-6-14-22-26/h3-22,27H,2H2,1H3. The average molecular weight is 455 g/mol. The molecule has 0 fully saturated rings. The third-order valence-electron chi connectivity index (χ3n) is 5.41. The maximum atomic E-state index is 15.4. The molecule has 0 aliphatic carbocycles. The number of nitrogens with zero attached hydrogens (tertiary/aromatic N) is 1. The maximum absolute atomic E-state index is 15.4. The van der Waals surface area contributed by atoms with Crippen LogP contribution in [0.15, 0.2) is 121 Å². The van der Waals surface area contributed by atoms with E-state index in [9.17, 15) is 4.79 Å². The molecule has 0 aliphatic heterocycles. The van der Waals surface area contributed by atoms with Gasteiger partial charge in [0.2, 0.25) is 7.29 Å². The molecule has 4 nitrogen and oxygen atoms in total. The lowest BCUT2D eigenvalue weighted by Crippen LogP contribution is -2.39. The molecule has 0 amide bonds. The topological polar surface area (TPSA) is 46.6 Å². The van der Waals surface area contributed by atoms with E-state index in [-0.39, 0.29) is 6.61 Å². The van der Waals surface area contributed by atoms with Gasteiger partial charge in [-0.3, -0.25) is 9.24 Å².